The molecule has 0 aromatic heterocycles. The van der Waals surface area contributed by atoms with Crippen LogP contribution in [0.4, 0.5) is 16.2 Å². The van der Waals surface area contributed by atoms with E-state index in [2.05, 4.69) is 16.0 Å². The fraction of sp³-hybridized carbons (Fsp3) is 0.433. The molecule has 0 aliphatic carbocycles. The number of ether oxygens (including phenoxy) is 3. The summed E-state index contributed by atoms with van der Waals surface area (Å²) in [6.07, 6.45) is -0.939. The molecule has 0 heterocycles. The van der Waals surface area contributed by atoms with Gasteiger partial charge in [0.05, 0.1) is 34.0 Å². The predicted octanol–water partition coefficient (Wildman–Crippen LogP) is 3.62. The van der Waals surface area contributed by atoms with Crippen LogP contribution in [0.2, 0.25) is 0 Å². The van der Waals surface area contributed by atoms with E-state index in [0.717, 1.165) is 30.0 Å². The van der Waals surface area contributed by atoms with E-state index in [1.165, 1.54) is 0 Å². The number of amides is 3. The van der Waals surface area contributed by atoms with Crippen molar-refractivity contribution in [3.63, 3.8) is 0 Å². The van der Waals surface area contributed by atoms with Gasteiger partial charge in [-0.3, -0.25) is 34.6 Å². The first-order valence-electron chi connectivity index (χ1n) is 15.0. The van der Waals surface area contributed by atoms with Gasteiger partial charge in [-0.05, 0) is 30.9 Å². The van der Waals surface area contributed by atoms with Crippen molar-refractivity contribution in [1.29, 1.82) is 0 Å². The van der Waals surface area contributed by atoms with Crippen LogP contribution in [0.1, 0.15) is 31.2 Å². The number of carbonyl (C=O) groups excluding carboxylic acids is 5. The SMILES string of the molecule is O=C(CC[C@H](NC(=O)OCc1ccccc1)C(=O)OCCCCl)N[C@@H](CSc1ccc([N+](=O)[O-])cc1[N+](=O)[O-])C(=O)NCC(=O)OCCCCl. The molecule has 0 fully saturated rings. The summed E-state index contributed by atoms with van der Waals surface area (Å²) >= 11 is 12.0. The molecule has 50 heavy (non-hydrogen) atoms. The number of carbonyl (C=O) groups is 5. The Morgan fingerprint density at radius 1 is 0.840 bits per heavy atom. The number of hydrogen-bond acceptors (Lipinski definition) is 13. The smallest absolute Gasteiger partial charge is 0.408 e. The lowest BCUT2D eigenvalue weighted by atomic mass is 10.1. The molecule has 2 aromatic carbocycles. The second-order valence-electron chi connectivity index (χ2n) is 10.1. The average molecular weight is 761 g/mol. The summed E-state index contributed by atoms with van der Waals surface area (Å²) in [5.74, 6) is -3.13. The highest BCUT2D eigenvalue weighted by atomic mass is 35.5. The second kappa shape index (κ2) is 22.9. The number of nitro benzene ring substituents is 2. The minimum Gasteiger partial charge on any atom is -0.464 e. The second-order valence-corrected chi connectivity index (χ2v) is 11.9. The summed E-state index contributed by atoms with van der Waals surface area (Å²) in [6.45, 7) is -0.695. The van der Waals surface area contributed by atoms with E-state index in [4.69, 9.17) is 37.4 Å². The van der Waals surface area contributed by atoms with Crippen molar-refractivity contribution >= 4 is 76.2 Å². The Bertz CT molecular complexity index is 1490. The number of hydrogen-bond donors (Lipinski definition) is 3. The molecule has 0 saturated heterocycles. The fourth-order valence-electron chi connectivity index (χ4n) is 3.84. The van der Waals surface area contributed by atoms with Gasteiger partial charge in [-0.2, -0.15) is 0 Å². The lowest BCUT2D eigenvalue weighted by Crippen LogP contribution is -2.50. The molecule has 0 unspecified atom stereocenters. The molecular formula is C30H35Cl2N5O12S. The lowest BCUT2D eigenvalue weighted by Gasteiger charge is -2.20. The summed E-state index contributed by atoms with van der Waals surface area (Å²) in [7, 11) is 0. The number of benzene rings is 2. The Morgan fingerprint density at radius 3 is 2.16 bits per heavy atom. The number of esters is 2. The Labute approximate surface area is 300 Å². The van der Waals surface area contributed by atoms with Gasteiger partial charge in [0.2, 0.25) is 11.8 Å². The molecule has 2 atom stereocenters. The van der Waals surface area contributed by atoms with E-state index >= 15 is 0 Å². The summed E-state index contributed by atoms with van der Waals surface area (Å²) < 4.78 is 15.3. The topological polar surface area (TPSA) is 235 Å². The number of halogens is 2. The largest absolute Gasteiger partial charge is 0.464 e. The third-order valence-electron chi connectivity index (χ3n) is 6.33. The number of thioether (sulfide) groups is 1. The summed E-state index contributed by atoms with van der Waals surface area (Å²) in [4.78, 5) is 84.4. The third kappa shape index (κ3) is 15.7. The van der Waals surface area contributed by atoms with Crippen molar-refractivity contribution in [2.75, 3.05) is 37.3 Å². The van der Waals surface area contributed by atoms with Crippen molar-refractivity contribution in [3.8, 4) is 0 Å². The van der Waals surface area contributed by atoms with Crippen LogP contribution in [0, 0.1) is 20.2 Å². The maximum atomic E-state index is 13.1. The molecule has 0 aliphatic rings. The van der Waals surface area contributed by atoms with E-state index in [9.17, 15) is 44.2 Å². The molecule has 20 heteroatoms. The zero-order chi connectivity index (χ0) is 36.9. The maximum absolute atomic E-state index is 13.1. The minimum absolute atomic E-state index is 0.0152. The Hall–Kier alpha value is -4.68. The highest BCUT2D eigenvalue weighted by Crippen LogP contribution is 2.32. The fourth-order valence-corrected chi connectivity index (χ4v) is 5.08. The standard InChI is InChI=1S/C30H35Cl2N5O12S/c31-12-4-14-47-27(39)17-33-28(40)23(19-50-25-10-8-21(36(43)44)16-24(25)37(45)46)34-26(38)11-9-22(29(41)48-15-5-13-32)35-30(42)49-18-20-6-2-1-3-7-20/h1-3,6-8,10,16,22-23H,4-5,9,11-15,17-19H2,(H,33,40)(H,34,38)(H,35,42)/t22-,23-/m0/s1. The number of nitrogens with one attached hydrogen (secondary N) is 3. The minimum atomic E-state index is -1.39. The molecule has 3 amide bonds. The van der Waals surface area contributed by atoms with Gasteiger partial charge in [-0.15, -0.1) is 35.0 Å². The predicted molar refractivity (Wildman–Crippen MR) is 181 cm³/mol. The van der Waals surface area contributed by atoms with Crippen molar-refractivity contribution in [1.82, 2.24) is 16.0 Å². The monoisotopic (exact) mass is 759 g/mol. The number of alkyl carbamates (subject to hydrolysis) is 1. The summed E-state index contributed by atoms with van der Waals surface area (Å²) in [5, 5.41) is 29.8. The van der Waals surface area contributed by atoms with Crippen molar-refractivity contribution < 1.29 is 48.0 Å². The van der Waals surface area contributed by atoms with Crippen LogP contribution < -0.4 is 16.0 Å². The van der Waals surface area contributed by atoms with E-state index in [1.54, 1.807) is 30.3 Å². The van der Waals surface area contributed by atoms with E-state index < -0.39 is 76.1 Å². The van der Waals surface area contributed by atoms with Gasteiger partial charge in [-0.1, -0.05) is 30.3 Å². The third-order valence-corrected chi connectivity index (χ3v) is 8.02. The molecule has 0 spiro atoms. The Morgan fingerprint density at radius 2 is 1.52 bits per heavy atom. The van der Waals surface area contributed by atoms with Crippen LogP contribution in [-0.2, 0) is 40.0 Å². The van der Waals surface area contributed by atoms with Crippen LogP contribution >= 0.6 is 35.0 Å². The maximum Gasteiger partial charge on any atom is 0.408 e. The zero-order valence-electron chi connectivity index (χ0n) is 26.5. The number of alkyl halides is 2. The molecule has 0 aliphatic heterocycles. The quantitative estimate of drug-likeness (QED) is 0.0296. The van der Waals surface area contributed by atoms with Crippen LogP contribution in [0.3, 0.4) is 0 Å². The van der Waals surface area contributed by atoms with Crippen LogP contribution in [-0.4, -0.2) is 89.0 Å². The molecule has 0 radical (unpaired) electrons. The highest BCUT2D eigenvalue weighted by Gasteiger charge is 2.28. The molecule has 17 nitrogen and oxygen atoms in total. The van der Waals surface area contributed by atoms with Crippen molar-refractivity contribution in [3.05, 3.63) is 74.3 Å². The van der Waals surface area contributed by atoms with E-state index in [-0.39, 0.29) is 48.6 Å². The van der Waals surface area contributed by atoms with Gasteiger partial charge in [0, 0.05) is 30.0 Å². The molecule has 2 aromatic rings. The van der Waals surface area contributed by atoms with Gasteiger partial charge < -0.3 is 30.2 Å². The van der Waals surface area contributed by atoms with Gasteiger partial charge in [0.1, 0.15) is 25.2 Å². The van der Waals surface area contributed by atoms with Gasteiger partial charge in [0.25, 0.3) is 11.4 Å². The summed E-state index contributed by atoms with van der Waals surface area (Å²) in [6, 6.07) is 8.96. The van der Waals surface area contributed by atoms with Gasteiger partial charge >= 0.3 is 18.0 Å². The molecule has 3 N–H and O–H groups in total. The Kier molecular flexibility index (Phi) is 19.0. The van der Waals surface area contributed by atoms with Crippen molar-refractivity contribution in [2.45, 2.75) is 49.3 Å². The Balaban J connectivity index is 2.15. The van der Waals surface area contributed by atoms with Crippen molar-refractivity contribution in [2.24, 2.45) is 0 Å². The molecular weight excluding hydrogens is 725 g/mol. The normalized spacial score (nSPS) is 11.7. The van der Waals surface area contributed by atoms with Gasteiger partial charge in [-0.25, -0.2) is 9.59 Å². The molecule has 0 bridgehead atoms. The number of nitro groups is 2. The van der Waals surface area contributed by atoms with Gasteiger partial charge in [0.15, 0.2) is 0 Å². The molecule has 0 saturated carbocycles. The van der Waals surface area contributed by atoms with Crippen LogP contribution in [0.15, 0.2) is 53.4 Å². The lowest BCUT2D eigenvalue weighted by molar-refractivity contribution is -0.396. The highest BCUT2D eigenvalue weighted by molar-refractivity contribution is 7.99. The first kappa shape index (κ1) is 41.5. The number of rotatable bonds is 22. The first-order chi connectivity index (χ1) is 23.9. The zero-order valence-corrected chi connectivity index (χ0v) is 28.8. The number of nitrogens with zero attached hydrogens (tertiary/aromatic N) is 2. The van der Waals surface area contributed by atoms with E-state index in [1.807, 2.05) is 0 Å². The molecule has 272 valence electrons. The molecule has 2 rings (SSSR count). The van der Waals surface area contributed by atoms with Crippen LogP contribution in [0.5, 0.6) is 0 Å². The number of non-ortho nitro benzene ring substituents is 1. The van der Waals surface area contributed by atoms with E-state index in [0.29, 0.717) is 18.4 Å². The first-order valence-corrected chi connectivity index (χ1v) is 17.0. The summed E-state index contributed by atoms with van der Waals surface area (Å²) in [5.41, 5.74) is -0.434. The average Bonchev–Trinajstić information content (AvgIpc) is 3.10. The van der Waals surface area contributed by atoms with Crippen LogP contribution in [0.25, 0.3) is 0 Å².